The summed E-state index contributed by atoms with van der Waals surface area (Å²) < 4.78 is 0. The van der Waals surface area contributed by atoms with Crippen molar-refractivity contribution in [1.82, 2.24) is 4.98 Å². The molecule has 0 radical (unpaired) electrons. The molecular weight excluding hydrogens is 442 g/mol. The van der Waals surface area contributed by atoms with Crippen LogP contribution in [0.4, 0.5) is 10.8 Å². The largest absolute Gasteiger partial charge is 0.481 e. The maximum Gasteiger partial charge on any atom is 0.309 e. The molecule has 2 aromatic heterocycles. The highest BCUT2D eigenvalue weighted by molar-refractivity contribution is 7.15. The molecule has 3 rings (SSSR count). The number of nitrogens with zero attached hydrogens (tertiary/aromatic N) is 1. The summed E-state index contributed by atoms with van der Waals surface area (Å²) in [5.41, 5.74) is 3.23. The Morgan fingerprint density at radius 2 is 1.91 bits per heavy atom. The van der Waals surface area contributed by atoms with Gasteiger partial charge in [-0.05, 0) is 48.4 Å². The number of carbonyl (C=O) groups excluding carboxylic acids is 1. The highest BCUT2D eigenvalue weighted by atomic mass is 32.1. The van der Waals surface area contributed by atoms with Gasteiger partial charge in [-0.3, -0.25) is 14.9 Å². The first-order valence-corrected chi connectivity index (χ1v) is 12.3. The van der Waals surface area contributed by atoms with Crippen LogP contribution in [0.1, 0.15) is 59.4 Å². The minimum atomic E-state index is -0.945. The Hall–Kier alpha value is -2.71. The highest BCUT2D eigenvalue weighted by Crippen LogP contribution is 2.26. The number of aromatic nitrogens is 1. The SMILES string of the molecule is CC(C)(C)CCCc1ccccc1NCc1ccc(C(=O)Nc2nc(CC(=O)O)cs2)s1. The molecule has 32 heavy (non-hydrogen) atoms. The maximum absolute atomic E-state index is 12.5. The summed E-state index contributed by atoms with van der Waals surface area (Å²) in [5.74, 6) is -1.18. The fourth-order valence-corrected chi connectivity index (χ4v) is 4.80. The average Bonchev–Trinajstić information content (AvgIpc) is 3.35. The van der Waals surface area contributed by atoms with E-state index in [0.29, 0.717) is 27.7 Å². The third-order valence-electron chi connectivity index (χ3n) is 4.83. The lowest BCUT2D eigenvalue weighted by molar-refractivity contribution is -0.136. The van der Waals surface area contributed by atoms with Gasteiger partial charge in [0, 0.05) is 22.5 Å². The van der Waals surface area contributed by atoms with E-state index in [9.17, 15) is 9.59 Å². The fourth-order valence-electron chi connectivity index (χ4n) is 3.26. The Labute approximate surface area is 196 Å². The highest BCUT2D eigenvalue weighted by Gasteiger charge is 2.14. The van der Waals surface area contributed by atoms with Crippen molar-refractivity contribution in [2.45, 2.75) is 53.0 Å². The Morgan fingerprint density at radius 1 is 1.12 bits per heavy atom. The van der Waals surface area contributed by atoms with Crippen LogP contribution in [-0.4, -0.2) is 22.0 Å². The third kappa shape index (κ3) is 7.46. The second kappa shape index (κ2) is 10.7. The normalized spacial score (nSPS) is 11.3. The zero-order valence-electron chi connectivity index (χ0n) is 18.6. The van der Waals surface area contributed by atoms with E-state index in [2.05, 4.69) is 54.6 Å². The molecule has 0 fully saturated rings. The fraction of sp³-hybridized carbons (Fsp3) is 0.375. The zero-order valence-corrected chi connectivity index (χ0v) is 20.2. The number of thiophene rings is 1. The third-order valence-corrected chi connectivity index (χ3v) is 6.72. The van der Waals surface area contributed by atoms with Crippen molar-refractivity contribution in [3.05, 3.63) is 62.8 Å². The van der Waals surface area contributed by atoms with E-state index in [1.165, 1.54) is 34.7 Å². The van der Waals surface area contributed by atoms with Crippen molar-refractivity contribution >= 4 is 45.4 Å². The first-order chi connectivity index (χ1) is 15.2. The van der Waals surface area contributed by atoms with E-state index >= 15 is 0 Å². The molecule has 0 saturated heterocycles. The molecule has 0 aliphatic rings. The van der Waals surface area contributed by atoms with Gasteiger partial charge >= 0.3 is 5.97 Å². The van der Waals surface area contributed by atoms with Crippen LogP contribution < -0.4 is 10.6 Å². The van der Waals surface area contributed by atoms with Crippen LogP contribution in [0.15, 0.2) is 41.8 Å². The molecule has 0 bridgehead atoms. The molecule has 170 valence electrons. The summed E-state index contributed by atoms with van der Waals surface area (Å²) >= 11 is 2.66. The predicted molar refractivity (Wildman–Crippen MR) is 132 cm³/mol. The smallest absolute Gasteiger partial charge is 0.309 e. The number of anilines is 2. The molecule has 3 aromatic rings. The Bertz CT molecular complexity index is 1070. The van der Waals surface area contributed by atoms with Gasteiger partial charge in [0.2, 0.25) is 0 Å². The summed E-state index contributed by atoms with van der Waals surface area (Å²) in [7, 11) is 0. The van der Waals surface area contributed by atoms with Crippen LogP contribution >= 0.6 is 22.7 Å². The molecule has 0 spiro atoms. The molecule has 0 aliphatic carbocycles. The molecular formula is C24H29N3O3S2. The first kappa shape index (κ1) is 23.9. The number of para-hydroxylation sites is 1. The molecule has 1 amide bonds. The minimum Gasteiger partial charge on any atom is -0.481 e. The molecule has 6 nitrogen and oxygen atoms in total. The van der Waals surface area contributed by atoms with Crippen molar-refractivity contribution in [2.75, 3.05) is 10.6 Å². The van der Waals surface area contributed by atoms with Crippen LogP contribution in [0.3, 0.4) is 0 Å². The van der Waals surface area contributed by atoms with Crippen LogP contribution in [0.5, 0.6) is 0 Å². The summed E-state index contributed by atoms with van der Waals surface area (Å²) in [4.78, 5) is 29.1. The number of benzene rings is 1. The van der Waals surface area contributed by atoms with E-state index in [-0.39, 0.29) is 12.3 Å². The topological polar surface area (TPSA) is 91.3 Å². The summed E-state index contributed by atoms with van der Waals surface area (Å²) in [6.07, 6.45) is 3.22. The van der Waals surface area contributed by atoms with Gasteiger partial charge in [-0.2, -0.15) is 0 Å². The number of hydrogen-bond donors (Lipinski definition) is 3. The summed E-state index contributed by atoms with van der Waals surface area (Å²) in [6.45, 7) is 7.45. The number of aryl methyl sites for hydroxylation is 1. The number of hydrogen-bond acceptors (Lipinski definition) is 6. The van der Waals surface area contributed by atoms with Gasteiger partial charge in [-0.15, -0.1) is 22.7 Å². The molecule has 2 heterocycles. The number of amides is 1. The standard InChI is InChI=1S/C24H29N3O3S2/c1-24(2,3)12-6-8-16-7-4-5-9-19(16)25-14-18-10-11-20(32-18)22(30)27-23-26-17(15-31-23)13-21(28)29/h4-5,7,9-11,15,25H,6,8,12-14H2,1-3H3,(H,28,29)(H,26,27,30). The number of carbonyl (C=O) groups is 2. The van der Waals surface area contributed by atoms with Crippen molar-refractivity contribution in [2.24, 2.45) is 5.41 Å². The van der Waals surface area contributed by atoms with Crippen LogP contribution in [0, 0.1) is 5.41 Å². The lowest BCUT2D eigenvalue weighted by Crippen LogP contribution is -2.10. The van der Waals surface area contributed by atoms with Gasteiger partial charge in [-0.25, -0.2) is 4.98 Å². The molecule has 8 heteroatoms. The van der Waals surface area contributed by atoms with Gasteiger partial charge in [0.1, 0.15) is 0 Å². The lowest BCUT2D eigenvalue weighted by Gasteiger charge is -2.18. The van der Waals surface area contributed by atoms with Crippen molar-refractivity contribution in [3.63, 3.8) is 0 Å². The van der Waals surface area contributed by atoms with Crippen molar-refractivity contribution in [3.8, 4) is 0 Å². The molecule has 3 N–H and O–H groups in total. The minimum absolute atomic E-state index is 0.154. The van der Waals surface area contributed by atoms with E-state index in [1.807, 2.05) is 12.1 Å². The molecule has 0 unspecified atom stereocenters. The predicted octanol–water partition coefficient (Wildman–Crippen LogP) is 6.06. The summed E-state index contributed by atoms with van der Waals surface area (Å²) in [6, 6.07) is 12.1. The number of aliphatic carboxylic acids is 1. The number of rotatable bonds is 10. The monoisotopic (exact) mass is 471 g/mol. The van der Waals surface area contributed by atoms with Crippen LogP contribution in [0.2, 0.25) is 0 Å². The summed E-state index contributed by atoms with van der Waals surface area (Å²) in [5, 5.41) is 17.2. The van der Waals surface area contributed by atoms with Crippen LogP contribution in [-0.2, 0) is 24.2 Å². The number of carboxylic acid groups (broad SMARTS) is 1. The van der Waals surface area contributed by atoms with E-state index in [1.54, 1.807) is 11.4 Å². The number of carboxylic acids is 1. The van der Waals surface area contributed by atoms with E-state index in [4.69, 9.17) is 5.11 Å². The molecule has 1 aromatic carbocycles. The van der Waals surface area contributed by atoms with Crippen LogP contribution in [0.25, 0.3) is 0 Å². The van der Waals surface area contributed by atoms with Crippen molar-refractivity contribution in [1.29, 1.82) is 0 Å². The van der Waals surface area contributed by atoms with Gasteiger partial charge in [0.25, 0.3) is 5.91 Å². The Kier molecular flexibility index (Phi) is 8.04. The van der Waals surface area contributed by atoms with E-state index in [0.717, 1.165) is 23.4 Å². The zero-order chi connectivity index (χ0) is 23.1. The van der Waals surface area contributed by atoms with Gasteiger partial charge in [-0.1, -0.05) is 39.0 Å². The number of thiazole rings is 1. The second-order valence-electron chi connectivity index (χ2n) is 8.86. The molecule has 0 atom stereocenters. The van der Waals surface area contributed by atoms with Gasteiger partial charge < -0.3 is 10.4 Å². The van der Waals surface area contributed by atoms with E-state index < -0.39 is 5.97 Å². The molecule has 0 saturated carbocycles. The van der Waals surface area contributed by atoms with Crippen molar-refractivity contribution < 1.29 is 14.7 Å². The maximum atomic E-state index is 12.5. The first-order valence-electron chi connectivity index (χ1n) is 10.6. The molecule has 0 aliphatic heterocycles. The quantitative estimate of drug-likeness (QED) is 0.334. The lowest BCUT2D eigenvalue weighted by atomic mass is 9.89. The number of nitrogens with one attached hydrogen (secondary N) is 2. The Morgan fingerprint density at radius 3 is 2.66 bits per heavy atom. The van der Waals surface area contributed by atoms with Gasteiger partial charge in [0.15, 0.2) is 5.13 Å². The Balaban J connectivity index is 1.55. The van der Waals surface area contributed by atoms with Gasteiger partial charge in [0.05, 0.1) is 17.0 Å². The second-order valence-corrected chi connectivity index (χ2v) is 10.9. The average molecular weight is 472 g/mol.